The first-order valence-corrected chi connectivity index (χ1v) is 11.5. The lowest BCUT2D eigenvalue weighted by Gasteiger charge is -2.31. The minimum Gasteiger partial charge on any atom is -0.396 e. The molecule has 0 unspecified atom stereocenters. The summed E-state index contributed by atoms with van der Waals surface area (Å²) >= 11 is 0. The number of fused-ring (bicyclic) bond motifs is 3. The molecule has 4 rings (SSSR count). The molecule has 7 nitrogen and oxygen atoms in total. The van der Waals surface area contributed by atoms with Gasteiger partial charge in [-0.25, -0.2) is 0 Å². The fourth-order valence-corrected chi connectivity index (χ4v) is 5.91. The number of aromatic nitrogens is 1. The monoisotopic (exact) mass is 427 g/mol. The summed E-state index contributed by atoms with van der Waals surface area (Å²) < 4.78 is 1.71. The fraction of sp³-hybridized carbons (Fsp3) is 0.625. The van der Waals surface area contributed by atoms with E-state index in [0.29, 0.717) is 24.6 Å². The molecule has 0 aromatic carbocycles. The first-order valence-electron chi connectivity index (χ1n) is 11.5. The van der Waals surface area contributed by atoms with E-state index in [0.717, 1.165) is 18.5 Å². The molecular weight excluding hydrogens is 394 g/mol. The number of hydrogen-bond donors (Lipinski definition) is 2. The van der Waals surface area contributed by atoms with Crippen LogP contribution in [0.4, 0.5) is 0 Å². The Kier molecular flexibility index (Phi) is 6.32. The summed E-state index contributed by atoms with van der Waals surface area (Å²) in [6, 6.07) is 2.58. The Hall–Kier alpha value is -2.41. The lowest BCUT2D eigenvalue weighted by atomic mass is 9.87. The van der Waals surface area contributed by atoms with Crippen molar-refractivity contribution in [2.75, 3.05) is 13.2 Å². The van der Waals surface area contributed by atoms with Crippen LogP contribution in [0.5, 0.6) is 0 Å². The summed E-state index contributed by atoms with van der Waals surface area (Å²) in [5.74, 6) is -0.463. The molecule has 2 fully saturated rings. The molecule has 2 amide bonds. The van der Waals surface area contributed by atoms with Gasteiger partial charge in [0.1, 0.15) is 6.04 Å². The number of nitrogens with one attached hydrogen (secondary N) is 1. The molecule has 1 aromatic rings. The third-order valence-corrected chi connectivity index (χ3v) is 7.37. The lowest BCUT2D eigenvalue weighted by molar-refractivity contribution is -0.140. The van der Waals surface area contributed by atoms with Gasteiger partial charge in [0.05, 0.1) is 6.04 Å². The van der Waals surface area contributed by atoms with E-state index < -0.39 is 12.0 Å². The molecule has 1 saturated carbocycles. The van der Waals surface area contributed by atoms with Gasteiger partial charge in [-0.2, -0.15) is 0 Å². The van der Waals surface area contributed by atoms with E-state index in [-0.39, 0.29) is 35.9 Å². The quantitative estimate of drug-likeness (QED) is 0.753. The summed E-state index contributed by atoms with van der Waals surface area (Å²) in [4.78, 5) is 40.4. The molecular formula is C24H33N3O4. The van der Waals surface area contributed by atoms with Crippen molar-refractivity contribution in [3.05, 3.63) is 39.8 Å². The highest BCUT2D eigenvalue weighted by molar-refractivity contribution is 5.88. The van der Waals surface area contributed by atoms with Gasteiger partial charge in [0.2, 0.25) is 11.8 Å². The molecule has 0 radical (unpaired) electrons. The minimum atomic E-state index is -0.708. The van der Waals surface area contributed by atoms with Gasteiger partial charge in [0, 0.05) is 49.7 Å². The molecule has 1 aliphatic carbocycles. The van der Waals surface area contributed by atoms with Crippen LogP contribution in [0.2, 0.25) is 0 Å². The van der Waals surface area contributed by atoms with Crippen molar-refractivity contribution >= 4 is 17.9 Å². The van der Waals surface area contributed by atoms with Crippen LogP contribution in [0, 0.1) is 17.8 Å². The summed E-state index contributed by atoms with van der Waals surface area (Å²) in [6.45, 7) is 4.16. The van der Waals surface area contributed by atoms with Crippen LogP contribution in [0.3, 0.4) is 0 Å². The maximum absolute atomic E-state index is 13.2. The molecule has 4 atom stereocenters. The Morgan fingerprint density at radius 1 is 1.23 bits per heavy atom. The zero-order chi connectivity index (χ0) is 22.1. The van der Waals surface area contributed by atoms with Gasteiger partial charge in [-0.3, -0.25) is 14.4 Å². The van der Waals surface area contributed by atoms with Gasteiger partial charge in [0.25, 0.3) is 5.56 Å². The first kappa shape index (κ1) is 21.8. The molecule has 0 spiro atoms. The summed E-state index contributed by atoms with van der Waals surface area (Å²) in [7, 11) is 0. The van der Waals surface area contributed by atoms with Crippen LogP contribution in [-0.2, 0) is 16.1 Å². The van der Waals surface area contributed by atoms with Crippen LogP contribution in [0.15, 0.2) is 23.0 Å². The van der Waals surface area contributed by atoms with Crippen LogP contribution < -0.4 is 10.9 Å². The highest BCUT2D eigenvalue weighted by atomic mass is 16.3. The number of carbonyl (C=O) groups excluding carboxylic acids is 2. The largest absolute Gasteiger partial charge is 0.396 e. The van der Waals surface area contributed by atoms with Crippen molar-refractivity contribution in [1.82, 2.24) is 14.8 Å². The van der Waals surface area contributed by atoms with E-state index in [1.54, 1.807) is 21.6 Å². The van der Waals surface area contributed by atoms with E-state index in [2.05, 4.69) is 5.32 Å². The third-order valence-electron chi connectivity index (χ3n) is 7.37. The van der Waals surface area contributed by atoms with Crippen LogP contribution >= 0.6 is 0 Å². The predicted octanol–water partition coefficient (Wildman–Crippen LogP) is 2.09. The number of allylic oxidation sites excluding steroid dienone is 1. The lowest BCUT2D eigenvalue weighted by Crippen LogP contribution is -2.50. The maximum Gasteiger partial charge on any atom is 0.258 e. The third kappa shape index (κ3) is 3.84. The topological polar surface area (TPSA) is 91.6 Å². The van der Waals surface area contributed by atoms with E-state index in [9.17, 15) is 19.5 Å². The van der Waals surface area contributed by atoms with E-state index in [4.69, 9.17) is 0 Å². The smallest absolute Gasteiger partial charge is 0.258 e. The van der Waals surface area contributed by atoms with Crippen molar-refractivity contribution in [3.8, 4) is 0 Å². The number of hydrogen-bond acceptors (Lipinski definition) is 4. The van der Waals surface area contributed by atoms with Gasteiger partial charge >= 0.3 is 0 Å². The summed E-state index contributed by atoms with van der Waals surface area (Å²) in [5.41, 5.74) is 1.26. The zero-order valence-corrected chi connectivity index (χ0v) is 18.4. The number of amides is 2. The standard InChI is InChI=1S/C24H33N3O4/c1-3-7-17-10-11-20-21-18(13-26(20)24(17)31)19(14-28)22(27(21)15(2)29)23(30)25-12-16-8-5-4-6-9-16/h3,7,10-11,16,18-19,21-22,28H,4-6,8-9,12-14H2,1-2H3,(H,25,30)/b7-3-/t18-,19-,21+,22-/m1/s1. The molecule has 2 N–H and O–H groups in total. The second kappa shape index (κ2) is 8.99. The van der Waals surface area contributed by atoms with Gasteiger partial charge in [0.15, 0.2) is 0 Å². The van der Waals surface area contributed by atoms with Crippen LogP contribution in [0.25, 0.3) is 6.08 Å². The van der Waals surface area contributed by atoms with Gasteiger partial charge in [-0.15, -0.1) is 0 Å². The van der Waals surface area contributed by atoms with E-state index in [1.165, 1.54) is 26.2 Å². The normalized spacial score (nSPS) is 28.0. The molecule has 7 heteroatoms. The summed E-state index contributed by atoms with van der Waals surface area (Å²) in [5, 5.41) is 13.3. The highest BCUT2D eigenvalue weighted by Gasteiger charge is 2.56. The zero-order valence-electron chi connectivity index (χ0n) is 18.4. The number of likely N-dealkylation sites (tertiary alicyclic amines) is 1. The number of pyridine rings is 1. The second-order valence-electron chi connectivity index (χ2n) is 9.20. The molecule has 0 bridgehead atoms. The highest BCUT2D eigenvalue weighted by Crippen LogP contribution is 2.49. The number of aliphatic hydroxyl groups excluding tert-OH is 1. The molecule has 168 valence electrons. The second-order valence-corrected chi connectivity index (χ2v) is 9.20. The SMILES string of the molecule is C/C=C\c1ccc2n(c1=O)C[C@@H]1[C@@H](CO)[C@H](C(=O)NCC3CCCCC3)N(C(C)=O)[C@H]21. The Balaban J connectivity index is 1.62. The van der Waals surface area contributed by atoms with Crippen molar-refractivity contribution in [2.45, 2.75) is 64.6 Å². The van der Waals surface area contributed by atoms with Crippen LogP contribution in [-0.4, -0.2) is 45.6 Å². The van der Waals surface area contributed by atoms with E-state index >= 15 is 0 Å². The van der Waals surface area contributed by atoms with Gasteiger partial charge < -0.3 is 19.9 Å². The molecule has 1 saturated heterocycles. The fourth-order valence-electron chi connectivity index (χ4n) is 5.91. The minimum absolute atomic E-state index is 0.0940. The van der Waals surface area contributed by atoms with Crippen molar-refractivity contribution in [2.24, 2.45) is 17.8 Å². The Bertz CT molecular complexity index is 931. The summed E-state index contributed by atoms with van der Waals surface area (Å²) in [6.07, 6.45) is 9.51. The average molecular weight is 428 g/mol. The van der Waals surface area contributed by atoms with Crippen molar-refractivity contribution in [1.29, 1.82) is 0 Å². The molecule has 31 heavy (non-hydrogen) atoms. The van der Waals surface area contributed by atoms with Crippen molar-refractivity contribution in [3.63, 3.8) is 0 Å². The molecule has 1 aromatic heterocycles. The Morgan fingerprint density at radius 2 is 1.97 bits per heavy atom. The molecule has 2 aliphatic heterocycles. The Labute approximate surface area is 183 Å². The van der Waals surface area contributed by atoms with Crippen molar-refractivity contribution < 1.29 is 14.7 Å². The number of rotatable bonds is 5. The number of aliphatic hydroxyl groups is 1. The number of carbonyl (C=O) groups is 2. The maximum atomic E-state index is 13.2. The van der Waals surface area contributed by atoms with Gasteiger partial charge in [-0.1, -0.05) is 31.4 Å². The van der Waals surface area contributed by atoms with Crippen LogP contribution in [0.1, 0.15) is 63.3 Å². The van der Waals surface area contributed by atoms with E-state index in [1.807, 2.05) is 19.1 Å². The average Bonchev–Trinajstić information content (AvgIpc) is 3.29. The first-order chi connectivity index (χ1) is 15.0. The molecule has 3 aliphatic rings. The Morgan fingerprint density at radius 3 is 2.61 bits per heavy atom. The number of nitrogens with zero attached hydrogens (tertiary/aromatic N) is 2. The molecule has 3 heterocycles. The predicted molar refractivity (Wildman–Crippen MR) is 118 cm³/mol. The van der Waals surface area contributed by atoms with Gasteiger partial charge in [-0.05, 0) is 37.8 Å².